The lowest BCUT2D eigenvalue weighted by Crippen LogP contribution is -2.00. The molecule has 0 aliphatic rings. The topological polar surface area (TPSA) is 21.3 Å². The molecule has 0 aliphatic carbocycles. The first kappa shape index (κ1) is 14.6. The highest BCUT2D eigenvalue weighted by Gasteiger charge is 2.00. The van der Waals surface area contributed by atoms with Gasteiger partial charge in [0.2, 0.25) is 0 Å². The Balaban J connectivity index is 1.98. The summed E-state index contributed by atoms with van der Waals surface area (Å²) in [6, 6.07) is 14.5. The number of benzene rings is 2. The molecule has 0 saturated carbocycles. The van der Waals surface area contributed by atoms with E-state index in [0.717, 1.165) is 21.2 Å². The van der Waals surface area contributed by atoms with Crippen LogP contribution in [-0.4, -0.2) is 7.11 Å². The Labute approximate surface area is 130 Å². The maximum atomic E-state index is 5.10. The van der Waals surface area contributed by atoms with Crippen LogP contribution in [-0.2, 0) is 17.9 Å². The lowest BCUT2D eigenvalue weighted by Gasteiger charge is -2.09. The molecule has 0 bridgehead atoms. The Morgan fingerprint density at radius 3 is 2.32 bits per heavy atom. The maximum absolute atomic E-state index is 5.10. The van der Waals surface area contributed by atoms with Crippen LogP contribution in [0.4, 0.5) is 5.69 Å². The molecule has 100 valence electrons. The number of rotatable bonds is 5. The van der Waals surface area contributed by atoms with Crippen molar-refractivity contribution < 1.29 is 4.74 Å². The number of nitrogens with one attached hydrogen (secondary N) is 1. The monoisotopic (exact) mass is 383 g/mol. The first-order valence-corrected chi connectivity index (χ1v) is 7.53. The van der Waals surface area contributed by atoms with Crippen LogP contribution >= 0.6 is 31.9 Å². The van der Waals surface area contributed by atoms with Gasteiger partial charge in [0, 0.05) is 28.3 Å². The molecular formula is C15H15Br2NO. The van der Waals surface area contributed by atoms with E-state index in [0.29, 0.717) is 6.61 Å². The van der Waals surface area contributed by atoms with Crippen molar-refractivity contribution in [2.75, 3.05) is 12.4 Å². The molecule has 2 aromatic carbocycles. The van der Waals surface area contributed by atoms with Crippen LogP contribution in [0.5, 0.6) is 0 Å². The van der Waals surface area contributed by atoms with Crippen LogP contribution in [0.1, 0.15) is 11.1 Å². The number of methoxy groups -OCH3 is 1. The lowest BCUT2D eigenvalue weighted by molar-refractivity contribution is 0.185. The number of hydrogen-bond donors (Lipinski definition) is 1. The summed E-state index contributed by atoms with van der Waals surface area (Å²) in [4.78, 5) is 0. The molecule has 0 aromatic heterocycles. The van der Waals surface area contributed by atoms with Crippen molar-refractivity contribution in [1.82, 2.24) is 0 Å². The molecule has 0 unspecified atom stereocenters. The molecule has 4 heteroatoms. The summed E-state index contributed by atoms with van der Waals surface area (Å²) in [6.07, 6.45) is 0. The fraction of sp³-hybridized carbons (Fsp3) is 0.200. The highest BCUT2D eigenvalue weighted by molar-refractivity contribution is 9.11. The van der Waals surface area contributed by atoms with E-state index in [4.69, 9.17) is 4.74 Å². The van der Waals surface area contributed by atoms with Crippen LogP contribution in [0.2, 0.25) is 0 Å². The predicted molar refractivity (Wildman–Crippen MR) is 86.3 cm³/mol. The number of anilines is 1. The Kier molecular flexibility index (Phi) is 5.43. The van der Waals surface area contributed by atoms with Gasteiger partial charge in [-0.2, -0.15) is 0 Å². The van der Waals surface area contributed by atoms with Gasteiger partial charge in [0.1, 0.15) is 0 Å². The summed E-state index contributed by atoms with van der Waals surface area (Å²) in [7, 11) is 1.71. The van der Waals surface area contributed by atoms with Gasteiger partial charge in [0.05, 0.1) is 6.61 Å². The second kappa shape index (κ2) is 7.08. The quantitative estimate of drug-likeness (QED) is 0.785. The molecule has 0 amide bonds. The zero-order valence-electron chi connectivity index (χ0n) is 10.6. The van der Waals surface area contributed by atoms with Crippen LogP contribution in [0.15, 0.2) is 51.4 Å². The molecule has 0 heterocycles. The fourth-order valence-corrected chi connectivity index (χ4v) is 2.94. The van der Waals surface area contributed by atoms with Gasteiger partial charge in [0.15, 0.2) is 0 Å². The molecule has 0 aliphatic heterocycles. The molecule has 0 spiro atoms. The molecule has 19 heavy (non-hydrogen) atoms. The number of hydrogen-bond acceptors (Lipinski definition) is 2. The van der Waals surface area contributed by atoms with Gasteiger partial charge < -0.3 is 10.1 Å². The molecule has 0 saturated heterocycles. The smallest absolute Gasteiger partial charge is 0.0713 e. The summed E-state index contributed by atoms with van der Waals surface area (Å²) in [6.45, 7) is 1.46. The summed E-state index contributed by atoms with van der Waals surface area (Å²) < 4.78 is 7.22. The fourth-order valence-electron chi connectivity index (χ4n) is 1.75. The van der Waals surface area contributed by atoms with E-state index in [1.54, 1.807) is 7.11 Å². The third-order valence-electron chi connectivity index (χ3n) is 2.75. The van der Waals surface area contributed by atoms with Crippen LogP contribution < -0.4 is 5.32 Å². The Hall–Kier alpha value is -0.840. The normalized spacial score (nSPS) is 10.5. The second-order valence-electron chi connectivity index (χ2n) is 4.23. The average molecular weight is 385 g/mol. The van der Waals surface area contributed by atoms with Gasteiger partial charge in [-0.3, -0.25) is 0 Å². The second-order valence-corrected chi connectivity index (χ2v) is 6.00. The minimum atomic E-state index is 0.659. The molecule has 2 aromatic rings. The van der Waals surface area contributed by atoms with E-state index >= 15 is 0 Å². The maximum Gasteiger partial charge on any atom is 0.0713 e. The SMILES string of the molecule is COCc1ccc(CNc2ccc(Br)cc2Br)cc1. The Morgan fingerprint density at radius 1 is 1.00 bits per heavy atom. The predicted octanol–water partition coefficient (Wildman–Crippen LogP) is 4.97. The first-order chi connectivity index (χ1) is 9.19. The van der Waals surface area contributed by atoms with Crippen molar-refractivity contribution in [1.29, 1.82) is 0 Å². The molecule has 2 rings (SSSR count). The van der Waals surface area contributed by atoms with Crippen LogP contribution in [0, 0.1) is 0 Å². The molecule has 1 N–H and O–H groups in total. The van der Waals surface area contributed by atoms with E-state index < -0.39 is 0 Å². The zero-order chi connectivity index (χ0) is 13.7. The van der Waals surface area contributed by atoms with Crippen molar-refractivity contribution in [3.63, 3.8) is 0 Å². The minimum Gasteiger partial charge on any atom is -0.380 e. The van der Waals surface area contributed by atoms with Crippen molar-refractivity contribution in [2.24, 2.45) is 0 Å². The van der Waals surface area contributed by atoms with Gasteiger partial charge in [-0.05, 0) is 45.3 Å². The molecule has 0 atom stereocenters. The van der Waals surface area contributed by atoms with E-state index in [1.165, 1.54) is 11.1 Å². The van der Waals surface area contributed by atoms with Gasteiger partial charge in [0.25, 0.3) is 0 Å². The Morgan fingerprint density at radius 2 is 1.68 bits per heavy atom. The molecular weight excluding hydrogens is 370 g/mol. The standard InChI is InChI=1S/C15H15Br2NO/c1-19-10-12-4-2-11(3-5-12)9-18-15-7-6-13(16)8-14(15)17/h2-8,18H,9-10H2,1H3. The summed E-state index contributed by atoms with van der Waals surface area (Å²) in [5.41, 5.74) is 3.52. The third-order valence-corrected chi connectivity index (χ3v) is 3.90. The van der Waals surface area contributed by atoms with Gasteiger partial charge in [-0.1, -0.05) is 40.2 Å². The van der Waals surface area contributed by atoms with E-state index in [-0.39, 0.29) is 0 Å². The molecule has 2 nitrogen and oxygen atoms in total. The van der Waals surface area contributed by atoms with Crippen LogP contribution in [0.25, 0.3) is 0 Å². The highest BCUT2D eigenvalue weighted by atomic mass is 79.9. The largest absolute Gasteiger partial charge is 0.380 e. The van der Waals surface area contributed by atoms with E-state index in [2.05, 4.69) is 61.4 Å². The first-order valence-electron chi connectivity index (χ1n) is 5.94. The van der Waals surface area contributed by atoms with Crippen molar-refractivity contribution in [3.8, 4) is 0 Å². The van der Waals surface area contributed by atoms with Crippen LogP contribution in [0.3, 0.4) is 0 Å². The summed E-state index contributed by atoms with van der Waals surface area (Å²) in [5, 5.41) is 3.41. The van der Waals surface area contributed by atoms with E-state index in [1.807, 2.05) is 18.2 Å². The van der Waals surface area contributed by atoms with E-state index in [9.17, 15) is 0 Å². The summed E-state index contributed by atoms with van der Waals surface area (Å²) >= 11 is 6.99. The third kappa shape index (κ3) is 4.34. The Bertz CT molecular complexity index is 540. The van der Waals surface area contributed by atoms with Crippen molar-refractivity contribution in [3.05, 3.63) is 62.5 Å². The minimum absolute atomic E-state index is 0.659. The summed E-state index contributed by atoms with van der Waals surface area (Å²) in [5.74, 6) is 0. The van der Waals surface area contributed by atoms with Crippen molar-refractivity contribution >= 4 is 37.5 Å². The highest BCUT2D eigenvalue weighted by Crippen LogP contribution is 2.26. The van der Waals surface area contributed by atoms with Gasteiger partial charge in [-0.15, -0.1) is 0 Å². The number of ether oxygens (including phenoxy) is 1. The lowest BCUT2D eigenvalue weighted by atomic mass is 10.1. The van der Waals surface area contributed by atoms with Crippen molar-refractivity contribution in [2.45, 2.75) is 13.2 Å². The van der Waals surface area contributed by atoms with Gasteiger partial charge in [-0.25, -0.2) is 0 Å². The molecule has 0 fully saturated rings. The molecule has 0 radical (unpaired) electrons. The van der Waals surface area contributed by atoms with Gasteiger partial charge >= 0.3 is 0 Å². The zero-order valence-corrected chi connectivity index (χ0v) is 13.8. The number of halogens is 2. The average Bonchev–Trinajstić information content (AvgIpc) is 2.40.